The first-order chi connectivity index (χ1) is 13.0. The van der Waals surface area contributed by atoms with Crippen molar-refractivity contribution in [2.45, 2.75) is 13.8 Å². The molecule has 4 aromatic rings. The molecule has 1 aliphatic rings. The molecule has 27 heavy (non-hydrogen) atoms. The van der Waals surface area contributed by atoms with Crippen LogP contribution in [0, 0.1) is 6.92 Å². The van der Waals surface area contributed by atoms with Crippen molar-refractivity contribution in [1.29, 1.82) is 0 Å². The molecule has 0 aliphatic carbocycles. The lowest BCUT2D eigenvalue weighted by atomic mass is 9.93. The van der Waals surface area contributed by atoms with Crippen LogP contribution in [-0.2, 0) is 0 Å². The largest absolute Gasteiger partial charge is 0.454 e. The summed E-state index contributed by atoms with van der Waals surface area (Å²) in [4.78, 5) is 26.4. The number of rotatable bonds is 2. The maximum Gasteiger partial charge on any atom is 0.231 e. The highest BCUT2D eigenvalue weighted by Crippen LogP contribution is 2.44. The molecule has 1 aromatic carbocycles. The number of hydrogen-bond acceptors (Lipinski definition) is 8. The molecule has 1 aliphatic heterocycles. The van der Waals surface area contributed by atoms with Gasteiger partial charge >= 0.3 is 0 Å². The lowest BCUT2D eigenvalue weighted by Crippen LogP contribution is -2.03. The zero-order valence-electron chi connectivity index (χ0n) is 14.6. The molecule has 0 fully saturated rings. The van der Waals surface area contributed by atoms with Crippen molar-refractivity contribution in [1.82, 2.24) is 15.0 Å². The summed E-state index contributed by atoms with van der Waals surface area (Å²) in [6, 6.07) is 5.65. The zero-order valence-corrected chi connectivity index (χ0v) is 15.4. The summed E-state index contributed by atoms with van der Waals surface area (Å²) in [6.07, 6.45) is 1.43. The number of thiophene rings is 1. The van der Waals surface area contributed by atoms with Gasteiger partial charge in [-0.3, -0.25) is 4.79 Å². The highest BCUT2D eigenvalue weighted by atomic mass is 32.1. The van der Waals surface area contributed by atoms with E-state index < -0.39 is 0 Å². The standard InChI is InChI=1S/C19H14N4O3S/c1-8-13(9(2)24)14(10-3-4-11-12(5-10)26-7-25-11)15-16-17(27-19(15)23-8)18(20)22-6-21-16/h3-6H,7H2,1-2H3,(H2,20,21,22). The quantitative estimate of drug-likeness (QED) is 0.530. The number of benzene rings is 1. The predicted molar refractivity (Wildman–Crippen MR) is 103 cm³/mol. The number of nitrogens with two attached hydrogens (primary N) is 1. The van der Waals surface area contributed by atoms with Crippen molar-refractivity contribution in [2.75, 3.05) is 12.5 Å². The zero-order chi connectivity index (χ0) is 18.7. The minimum absolute atomic E-state index is 0.0593. The highest BCUT2D eigenvalue weighted by molar-refractivity contribution is 7.26. The van der Waals surface area contributed by atoms with Crippen LogP contribution < -0.4 is 15.2 Å². The number of anilines is 1. The van der Waals surface area contributed by atoms with Gasteiger partial charge in [0.05, 0.1) is 15.9 Å². The number of pyridine rings is 1. The summed E-state index contributed by atoms with van der Waals surface area (Å²) in [6.45, 7) is 3.57. The molecule has 7 nitrogen and oxygen atoms in total. The van der Waals surface area contributed by atoms with Gasteiger partial charge in [0.25, 0.3) is 0 Å². The van der Waals surface area contributed by atoms with Crippen LogP contribution in [0.4, 0.5) is 5.82 Å². The molecule has 3 aromatic heterocycles. The van der Waals surface area contributed by atoms with Crippen molar-refractivity contribution >= 4 is 43.4 Å². The Hall–Kier alpha value is -3.26. The molecular formula is C19H14N4O3S. The number of nitrogen functional groups attached to an aromatic ring is 1. The third-order valence-corrected chi connectivity index (χ3v) is 5.72. The fourth-order valence-electron chi connectivity index (χ4n) is 3.50. The van der Waals surface area contributed by atoms with Crippen LogP contribution in [0.15, 0.2) is 24.5 Å². The van der Waals surface area contributed by atoms with Crippen LogP contribution in [0.5, 0.6) is 11.5 Å². The summed E-state index contributed by atoms with van der Waals surface area (Å²) in [5, 5.41) is 0.804. The van der Waals surface area contributed by atoms with E-state index in [4.69, 9.17) is 15.2 Å². The van der Waals surface area contributed by atoms with E-state index in [9.17, 15) is 4.79 Å². The van der Waals surface area contributed by atoms with E-state index in [0.29, 0.717) is 34.1 Å². The van der Waals surface area contributed by atoms with Crippen LogP contribution in [0.1, 0.15) is 23.0 Å². The molecule has 0 radical (unpaired) electrons. The van der Waals surface area contributed by atoms with Crippen LogP contribution >= 0.6 is 11.3 Å². The Kier molecular flexibility index (Phi) is 3.32. The number of hydrogen-bond donors (Lipinski definition) is 1. The van der Waals surface area contributed by atoms with E-state index >= 15 is 0 Å². The highest BCUT2D eigenvalue weighted by Gasteiger charge is 2.24. The molecule has 0 spiro atoms. The molecule has 0 atom stereocenters. The van der Waals surface area contributed by atoms with Gasteiger partial charge in [-0.05, 0) is 31.5 Å². The van der Waals surface area contributed by atoms with Gasteiger partial charge in [-0.2, -0.15) is 0 Å². The summed E-state index contributed by atoms with van der Waals surface area (Å²) in [5.74, 6) is 1.68. The first-order valence-electron chi connectivity index (χ1n) is 8.29. The fourth-order valence-corrected chi connectivity index (χ4v) is 4.59. The van der Waals surface area contributed by atoms with E-state index in [-0.39, 0.29) is 12.6 Å². The van der Waals surface area contributed by atoms with Crippen molar-refractivity contribution in [3.8, 4) is 22.6 Å². The molecule has 4 heterocycles. The number of carbonyl (C=O) groups is 1. The number of fused-ring (bicyclic) bond motifs is 4. The minimum Gasteiger partial charge on any atom is -0.454 e. The number of ketones is 1. The van der Waals surface area contributed by atoms with Crippen LogP contribution in [0.3, 0.4) is 0 Å². The molecule has 134 valence electrons. The van der Waals surface area contributed by atoms with Crippen LogP contribution in [0.25, 0.3) is 31.6 Å². The van der Waals surface area contributed by atoms with E-state index in [2.05, 4.69) is 15.0 Å². The fraction of sp³-hybridized carbons (Fsp3) is 0.158. The number of ether oxygens (including phenoxy) is 2. The molecule has 8 heteroatoms. The summed E-state index contributed by atoms with van der Waals surface area (Å²) in [7, 11) is 0. The summed E-state index contributed by atoms with van der Waals surface area (Å²) >= 11 is 1.43. The van der Waals surface area contributed by atoms with Crippen LogP contribution in [0.2, 0.25) is 0 Å². The molecule has 0 amide bonds. The van der Waals surface area contributed by atoms with Gasteiger partial charge in [0, 0.05) is 16.5 Å². The maximum absolute atomic E-state index is 12.5. The van der Waals surface area contributed by atoms with Crippen molar-refractivity contribution in [3.63, 3.8) is 0 Å². The molecule has 0 saturated heterocycles. The minimum atomic E-state index is -0.0593. The third kappa shape index (κ3) is 2.26. The first-order valence-corrected chi connectivity index (χ1v) is 9.10. The number of nitrogens with zero attached hydrogens (tertiary/aromatic N) is 3. The van der Waals surface area contributed by atoms with Crippen molar-refractivity contribution in [3.05, 3.63) is 35.8 Å². The molecule has 2 N–H and O–H groups in total. The third-order valence-electron chi connectivity index (χ3n) is 4.63. The summed E-state index contributed by atoms with van der Waals surface area (Å²) in [5.41, 5.74) is 9.61. The SMILES string of the molecule is CC(=O)c1c(C)nc2sc3c(N)ncnc3c2c1-c1ccc2c(c1)OCO2. The second-order valence-corrected chi connectivity index (χ2v) is 7.29. The van der Waals surface area contributed by atoms with E-state index in [1.54, 1.807) is 6.92 Å². The second kappa shape index (κ2) is 5.62. The van der Waals surface area contributed by atoms with E-state index in [1.807, 2.05) is 25.1 Å². The normalized spacial score (nSPS) is 12.8. The Bertz CT molecular complexity index is 1270. The van der Waals surface area contributed by atoms with Gasteiger partial charge in [-0.15, -0.1) is 11.3 Å². The van der Waals surface area contributed by atoms with Crippen molar-refractivity contribution < 1.29 is 14.3 Å². The maximum atomic E-state index is 12.5. The van der Waals surface area contributed by atoms with E-state index in [1.165, 1.54) is 17.7 Å². The first kappa shape index (κ1) is 16.0. The number of carbonyl (C=O) groups excluding carboxylic acids is 1. The molecular weight excluding hydrogens is 364 g/mol. The van der Waals surface area contributed by atoms with Crippen molar-refractivity contribution in [2.24, 2.45) is 0 Å². The second-order valence-electron chi connectivity index (χ2n) is 6.29. The number of aromatic nitrogens is 3. The predicted octanol–water partition coefficient (Wildman–Crippen LogP) is 3.73. The van der Waals surface area contributed by atoms with Crippen LogP contribution in [-0.4, -0.2) is 27.5 Å². The molecule has 0 unspecified atom stereocenters. The Morgan fingerprint density at radius 1 is 1.22 bits per heavy atom. The van der Waals surface area contributed by atoms with E-state index in [0.717, 1.165) is 26.0 Å². The van der Waals surface area contributed by atoms with Gasteiger partial charge in [-0.25, -0.2) is 15.0 Å². The Balaban J connectivity index is 1.96. The Morgan fingerprint density at radius 3 is 2.85 bits per heavy atom. The van der Waals surface area contributed by atoms with Gasteiger partial charge in [0.15, 0.2) is 17.3 Å². The average Bonchev–Trinajstić information content (AvgIpc) is 3.24. The molecule has 0 bridgehead atoms. The monoisotopic (exact) mass is 378 g/mol. The van der Waals surface area contributed by atoms with Gasteiger partial charge < -0.3 is 15.2 Å². The Morgan fingerprint density at radius 2 is 2.04 bits per heavy atom. The summed E-state index contributed by atoms with van der Waals surface area (Å²) < 4.78 is 11.7. The molecule has 5 rings (SSSR count). The van der Waals surface area contributed by atoms with Gasteiger partial charge in [0.2, 0.25) is 6.79 Å². The lowest BCUT2D eigenvalue weighted by molar-refractivity contribution is 0.101. The smallest absolute Gasteiger partial charge is 0.231 e. The average molecular weight is 378 g/mol. The van der Waals surface area contributed by atoms with Gasteiger partial charge in [-0.1, -0.05) is 6.07 Å². The molecule has 0 saturated carbocycles. The lowest BCUT2D eigenvalue weighted by Gasteiger charge is -2.12. The number of aryl methyl sites for hydroxylation is 1. The van der Waals surface area contributed by atoms with Gasteiger partial charge in [0.1, 0.15) is 17.0 Å². The number of Topliss-reactive ketones (excluding diaryl/α,β-unsaturated/α-hetero) is 1. The topological polar surface area (TPSA) is 100 Å². The Labute approximate surface area is 157 Å².